The fourth-order valence-corrected chi connectivity index (χ4v) is 5.89. The van der Waals surface area contributed by atoms with Crippen LogP contribution in [-0.2, 0) is 10.0 Å². The summed E-state index contributed by atoms with van der Waals surface area (Å²) in [6, 6.07) is 1.57. The molecule has 0 radical (unpaired) electrons. The number of rotatable bonds is 2. The van der Waals surface area contributed by atoms with Gasteiger partial charge in [-0.2, -0.15) is 4.31 Å². The van der Waals surface area contributed by atoms with Gasteiger partial charge in [0.15, 0.2) is 0 Å². The lowest BCUT2D eigenvalue weighted by Gasteiger charge is -2.37. The van der Waals surface area contributed by atoms with Crippen LogP contribution in [0.3, 0.4) is 0 Å². The number of aryl methyl sites for hydroxylation is 1. The summed E-state index contributed by atoms with van der Waals surface area (Å²) in [6.07, 6.45) is 0. The van der Waals surface area contributed by atoms with Crippen LogP contribution in [-0.4, -0.2) is 37.9 Å². The van der Waals surface area contributed by atoms with Crippen molar-refractivity contribution < 1.29 is 8.42 Å². The maximum Gasteiger partial charge on any atom is 0.253 e. The van der Waals surface area contributed by atoms with E-state index in [0.29, 0.717) is 21.6 Å². The Bertz CT molecular complexity index is 512. The summed E-state index contributed by atoms with van der Waals surface area (Å²) in [7, 11) is -3.43. The lowest BCUT2D eigenvalue weighted by molar-refractivity contribution is 0.220. The first-order valence-electron chi connectivity index (χ1n) is 5.84. The first-order valence-corrected chi connectivity index (χ1v) is 8.47. The fourth-order valence-electron chi connectivity index (χ4n) is 2.25. The third-order valence-corrected chi connectivity index (χ3v) is 7.25. The predicted octanol–water partition coefficient (Wildman–Crippen LogP) is 2.08. The van der Waals surface area contributed by atoms with Gasteiger partial charge in [-0.15, -0.1) is 11.3 Å². The van der Waals surface area contributed by atoms with E-state index in [1.165, 1.54) is 0 Å². The minimum Gasteiger partial charge on any atom is -0.314 e. The number of sulfonamides is 1. The zero-order valence-electron chi connectivity index (χ0n) is 10.6. The van der Waals surface area contributed by atoms with E-state index in [9.17, 15) is 8.42 Å². The quantitative estimate of drug-likeness (QED) is 0.910. The highest BCUT2D eigenvalue weighted by Gasteiger charge is 2.36. The largest absolute Gasteiger partial charge is 0.314 e. The normalized spacial score (nSPS) is 26.4. The van der Waals surface area contributed by atoms with Crippen molar-refractivity contribution in [3.8, 4) is 0 Å². The minimum atomic E-state index is -3.43. The molecule has 2 atom stereocenters. The molecule has 2 unspecified atom stereocenters. The van der Waals surface area contributed by atoms with Gasteiger partial charge >= 0.3 is 0 Å². The van der Waals surface area contributed by atoms with Crippen molar-refractivity contribution in [1.29, 1.82) is 0 Å². The summed E-state index contributed by atoms with van der Waals surface area (Å²) in [5, 5.41) is 3.23. The molecule has 1 N–H and O–H groups in total. The number of nitrogens with one attached hydrogen (secondary N) is 1. The number of halogens is 1. The van der Waals surface area contributed by atoms with Crippen molar-refractivity contribution >= 4 is 33.0 Å². The number of thiophene rings is 1. The van der Waals surface area contributed by atoms with Crippen LogP contribution in [0.5, 0.6) is 0 Å². The molecule has 7 heteroatoms. The summed E-state index contributed by atoms with van der Waals surface area (Å²) in [6.45, 7) is 7.02. The van der Waals surface area contributed by atoms with E-state index in [4.69, 9.17) is 11.6 Å². The molecule has 2 heterocycles. The van der Waals surface area contributed by atoms with Crippen LogP contribution in [0.1, 0.15) is 19.4 Å². The Morgan fingerprint density at radius 1 is 1.39 bits per heavy atom. The summed E-state index contributed by atoms with van der Waals surface area (Å²) in [5.74, 6) is 0. The fraction of sp³-hybridized carbons (Fsp3) is 0.636. The molecule has 1 saturated heterocycles. The van der Waals surface area contributed by atoms with Gasteiger partial charge in [-0.1, -0.05) is 11.6 Å². The monoisotopic (exact) mass is 308 g/mol. The van der Waals surface area contributed by atoms with Crippen LogP contribution in [0.25, 0.3) is 0 Å². The van der Waals surface area contributed by atoms with Gasteiger partial charge in [0, 0.05) is 25.2 Å². The van der Waals surface area contributed by atoms with E-state index in [0.717, 1.165) is 16.9 Å². The highest BCUT2D eigenvalue weighted by atomic mass is 35.5. The Balaban J connectivity index is 2.41. The second kappa shape index (κ2) is 5.09. The summed E-state index contributed by atoms with van der Waals surface area (Å²) >= 11 is 7.10. The molecule has 1 aromatic rings. The Kier molecular flexibility index (Phi) is 4.04. The molecule has 0 aromatic carbocycles. The van der Waals surface area contributed by atoms with Crippen molar-refractivity contribution in [3.05, 3.63) is 16.0 Å². The van der Waals surface area contributed by atoms with E-state index in [2.05, 4.69) is 5.32 Å². The predicted molar refractivity (Wildman–Crippen MR) is 74.9 cm³/mol. The highest BCUT2D eigenvalue weighted by molar-refractivity contribution is 7.91. The molecular weight excluding hydrogens is 292 g/mol. The van der Waals surface area contributed by atoms with E-state index >= 15 is 0 Å². The van der Waals surface area contributed by atoms with Gasteiger partial charge < -0.3 is 5.32 Å². The van der Waals surface area contributed by atoms with Crippen molar-refractivity contribution in [2.75, 3.05) is 13.1 Å². The topological polar surface area (TPSA) is 49.4 Å². The van der Waals surface area contributed by atoms with Crippen molar-refractivity contribution in [2.24, 2.45) is 0 Å². The van der Waals surface area contributed by atoms with Gasteiger partial charge in [0.2, 0.25) is 0 Å². The molecule has 1 aliphatic heterocycles. The maximum atomic E-state index is 12.6. The average Bonchev–Trinajstić information content (AvgIpc) is 2.59. The van der Waals surface area contributed by atoms with Gasteiger partial charge in [-0.05, 0) is 32.4 Å². The van der Waals surface area contributed by atoms with Gasteiger partial charge in [0.05, 0.1) is 4.34 Å². The average molecular weight is 309 g/mol. The molecule has 2 rings (SSSR count). The molecule has 1 aromatic heterocycles. The summed E-state index contributed by atoms with van der Waals surface area (Å²) < 4.78 is 27.7. The lowest BCUT2D eigenvalue weighted by atomic mass is 10.2. The Morgan fingerprint density at radius 3 is 2.39 bits per heavy atom. The molecular formula is C11H17ClN2O2S2. The van der Waals surface area contributed by atoms with Crippen LogP contribution in [0, 0.1) is 6.92 Å². The standard InChI is InChI=1S/C11H17ClN2O2S2/c1-7-4-10(17-11(7)12)18(15,16)14-8(2)5-13-6-9(14)3/h4,8-9,13H,5-6H2,1-3H3. The maximum absolute atomic E-state index is 12.6. The van der Waals surface area contributed by atoms with E-state index in [-0.39, 0.29) is 12.1 Å². The van der Waals surface area contributed by atoms with Crippen molar-refractivity contribution in [2.45, 2.75) is 37.1 Å². The third-order valence-electron chi connectivity index (χ3n) is 3.11. The number of hydrogen-bond donors (Lipinski definition) is 1. The van der Waals surface area contributed by atoms with Gasteiger partial charge in [-0.25, -0.2) is 8.42 Å². The smallest absolute Gasteiger partial charge is 0.253 e. The summed E-state index contributed by atoms with van der Waals surface area (Å²) in [5.41, 5.74) is 0.815. The Hall–Kier alpha value is -0.140. The SMILES string of the molecule is Cc1cc(S(=O)(=O)N2C(C)CNCC2C)sc1Cl. The number of piperazine rings is 1. The van der Waals surface area contributed by atoms with Crippen molar-refractivity contribution in [1.82, 2.24) is 9.62 Å². The molecule has 0 amide bonds. The second-order valence-electron chi connectivity index (χ2n) is 4.71. The summed E-state index contributed by atoms with van der Waals surface area (Å²) in [4.78, 5) is 0. The van der Waals surface area contributed by atoms with Gasteiger partial charge in [-0.3, -0.25) is 0 Å². The van der Waals surface area contributed by atoms with Gasteiger partial charge in [0.1, 0.15) is 4.21 Å². The third kappa shape index (κ3) is 2.44. The number of hydrogen-bond acceptors (Lipinski definition) is 4. The molecule has 0 spiro atoms. The Morgan fingerprint density at radius 2 is 1.94 bits per heavy atom. The van der Waals surface area contributed by atoms with E-state index in [1.54, 1.807) is 10.4 Å². The van der Waals surface area contributed by atoms with Crippen LogP contribution in [0.2, 0.25) is 4.34 Å². The zero-order chi connectivity index (χ0) is 13.5. The molecule has 18 heavy (non-hydrogen) atoms. The molecule has 0 aliphatic carbocycles. The molecule has 1 aliphatic rings. The molecule has 0 bridgehead atoms. The minimum absolute atomic E-state index is 0.0417. The molecule has 1 fully saturated rings. The van der Waals surface area contributed by atoms with Crippen LogP contribution >= 0.6 is 22.9 Å². The first-order chi connectivity index (χ1) is 8.34. The molecule has 4 nitrogen and oxygen atoms in total. The van der Waals surface area contributed by atoms with E-state index < -0.39 is 10.0 Å². The molecule has 102 valence electrons. The van der Waals surface area contributed by atoms with Gasteiger partial charge in [0.25, 0.3) is 10.0 Å². The Labute approximate surface area is 117 Å². The van der Waals surface area contributed by atoms with Crippen molar-refractivity contribution in [3.63, 3.8) is 0 Å². The lowest BCUT2D eigenvalue weighted by Crippen LogP contribution is -2.56. The van der Waals surface area contributed by atoms with Crippen LogP contribution < -0.4 is 5.32 Å². The highest BCUT2D eigenvalue weighted by Crippen LogP contribution is 2.33. The number of nitrogens with zero attached hydrogens (tertiary/aromatic N) is 1. The first kappa shape index (κ1) is 14.3. The van der Waals surface area contributed by atoms with Crippen LogP contribution in [0.15, 0.2) is 10.3 Å². The second-order valence-corrected chi connectivity index (χ2v) is 8.44. The molecule has 0 saturated carbocycles. The van der Waals surface area contributed by atoms with Crippen LogP contribution in [0.4, 0.5) is 0 Å². The zero-order valence-corrected chi connectivity index (χ0v) is 13.0. The van der Waals surface area contributed by atoms with E-state index in [1.807, 2.05) is 20.8 Å².